The smallest absolute Gasteiger partial charge is 0.199 e. The highest BCUT2D eigenvalue weighted by atomic mass is 32.1. The molecule has 0 atom stereocenters. The maximum Gasteiger partial charge on any atom is 0.199 e. The second kappa shape index (κ2) is 5.66. The average molecular weight is 320 g/mol. The second-order valence-electron chi connectivity index (χ2n) is 6.00. The van der Waals surface area contributed by atoms with E-state index in [9.17, 15) is 0 Å². The van der Waals surface area contributed by atoms with Crippen LogP contribution in [0.15, 0.2) is 17.5 Å². The van der Waals surface area contributed by atoms with Gasteiger partial charge in [-0.1, -0.05) is 12.5 Å². The SMILES string of the molecule is S=c1n(CN2CCCCC2)nc(-c2cccs2)n1C1CC1. The Morgan fingerprint density at radius 3 is 2.71 bits per heavy atom. The summed E-state index contributed by atoms with van der Waals surface area (Å²) in [5.74, 6) is 1.06. The van der Waals surface area contributed by atoms with E-state index in [-0.39, 0.29) is 0 Å². The van der Waals surface area contributed by atoms with Crippen molar-refractivity contribution < 1.29 is 0 Å². The van der Waals surface area contributed by atoms with Crippen molar-refractivity contribution >= 4 is 23.6 Å². The van der Waals surface area contributed by atoms with Gasteiger partial charge in [0.15, 0.2) is 10.6 Å². The first-order chi connectivity index (χ1) is 10.3. The normalized spacial score (nSPS) is 20.0. The summed E-state index contributed by atoms with van der Waals surface area (Å²) in [4.78, 5) is 3.70. The Morgan fingerprint density at radius 2 is 2.05 bits per heavy atom. The van der Waals surface area contributed by atoms with Crippen molar-refractivity contribution in [1.29, 1.82) is 0 Å². The molecule has 0 aromatic carbocycles. The Morgan fingerprint density at radius 1 is 1.24 bits per heavy atom. The van der Waals surface area contributed by atoms with Crippen LogP contribution < -0.4 is 0 Å². The molecule has 0 spiro atoms. The largest absolute Gasteiger partial charge is 0.296 e. The van der Waals surface area contributed by atoms with Crippen molar-refractivity contribution in [2.45, 2.75) is 44.8 Å². The van der Waals surface area contributed by atoms with Crippen LogP contribution in [0.1, 0.15) is 38.1 Å². The van der Waals surface area contributed by atoms with Gasteiger partial charge in [-0.3, -0.25) is 9.47 Å². The van der Waals surface area contributed by atoms with Gasteiger partial charge >= 0.3 is 0 Å². The van der Waals surface area contributed by atoms with Crippen LogP contribution in [0.3, 0.4) is 0 Å². The Hall–Kier alpha value is -0.980. The molecule has 1 saturated heterocycles. The fourth-order valence-corrected chi connectivity index (χ4v) is 4.08. The molecular weight excluding hydrogens is 300 g/mol. The van der Waals surface area contributed by atoms with Crippen LogP contribution in [0.5, 0.6) is 0 Å². The lowest BCUT2D eigenvalue weighted by Crippen LogP contribution is -2.32. The average Bonchev–Trinajstić information content (AvgIpc) is 3.09. The van der Waals surface area contributed by atoms with Crippen molar-refractivity contribution in [2.75, 3.05) is 13.1 Å². The summed E-state index contributed by atoms with van der Waals surface area (Å²) < 4.78 is 5.21. The van der Waals surface area contributed by atoms with E-state index in [0.717, 1.165) is 17.3 Å². The van der Waals surface area contributed by atoms with Gasteiger partial charge in [-0.25, -0.2) is 4.68 Å². The van der Waals surface area contributed by atoms with Crippen LogP contribution in [0.25, 0.3) is 10.7 Å². The summed E-state index contributed by atoms with van der Waals surface area (Å²) in [7, 11) is 0. The maximum atomic E-state index is 5.71. The summed E-state index contributed by atoms with van der Waals surface area (Å²) in [5, 5.41) is 6.96. The van der Waals surface area contributed by atoms with Gasteiger partial charge in [0.2, 0.25) is 0 Å². The molecule has 0 bridgehead atoms. The lowest BCUT2D eigenvalue weighted by Gasteiger charge is -2.25. The minimum Gasteiger partial charge on any atom is -0.296 e. The number of rotatable bonds is 4. The third kappa shape index (κ3) is 2.72. The van der Waals surface area contributed by atoms with Crippen LogP contribution in [0, 0.1) is 4.77 Å². The molecule has 112 valence electrons. The molecule has 1 saturated carbocycles. The number of hydrogen-bond acceptors (Lipinski definition) is 4. The molecule has 4 rings (SSSR count). The molecule has 0 amide bonds. The molecule has 2 aromatic heterocycles. The molecule has 21 heavy (non-hydrogen) atoms. The van der Waals surface area contributed by atoms with Crippen molar-refractivity contribution in [2.24, 2.45) is 0 Å². The standard InChI is InChI=1S/C15H20N4S2/c20-15-18(11-17-8-2-1-3-9-17)16-14(13-5-4-10-21-13)19(15)12-6-7-12/h4-5,10,12H,1-3,6-9,11H2. The topological polar surface area (TPSA) is 26.0 Å². The Labute approximate surface area is 134 Å². The summed E-state index contributed by atoms with van der Waals surface area (Å²) in [6, 6.07) is 4.81. The van der Waals surface area contributed by atoms with Gasteiger partial charge in [-0.2, -0.15) is 0 Å². The zero-order valence-corrected chi connectivity index (χ0v) is 13.7. The van der Waals surface area contributed by atoms with Gasteiger partial charge < -0.3 is 0 Å². The maximum absolute atomic E-state index is 5.71. The monoisotopic (exact) mass is 320 g/mol. The highest BCUT2D eigenvalue weighted by molar-refractivity contribution is 7.71. The van der Waals surface area contributed by atoms with Crippen LogP contribution >= 0.6 is 23.6 Å². The first-order valence-electron chi connectivity index (χ1n) is 7.78. The number of likely N-dealkylation sites (tertiary alicyclic amines) is 1. The third-order valence-electron chi connectivity index (χ3n) is 4.31. The van der Waals surface area contributed by atoms with Crippen LogP contribution in [-0.2, 0) is 6.67 Å². The minimum atomic E-state index is 0.574. The summed E-state index contributed by atoms with van der Waals surface area (Å²) in [5.41, 5.74) is 0. The predicted octanol–water partition coefficient (Wildman–Crippen LogP) is 3.92. The summed E-state index contributed by atoms with van der Waals surface area (Å²) >= 11 is 7.46. The molecule has 4 nitrogen and oxygen atoms in total. The third-order valence-corrected chi connectivity index (χ3v) is 5.58. The van der Waals surface area contributed by atoms with E-state index in [2.05, 4.69) is 27.0 Å². The number of hydrogen-bond donors (Lipinski definition) is 0. The fourth-order valence-electron chi connectivity index (χ4n) is 3.04. The first-order valence-corrected chi connectivity index (χ1v) is 9.07. The Bertz CT molecular complexity index is 660. The van der Waals surface area contributed by atoms with E-state index in [4.69, 9.17) is 17.3 Å². The zero-order chi connectivity index (χ0) is 14.2. The van der Waals surface area contributed by atoms with Gasteiger partial charge in [-0.05, 0) is 62.4 Å². The first kappa shape index (κ1) is 13.7. The molecule has 2 aliphatic rings. The highest BCUT2D eigenvalue weighted by Crippen LogP contribution is 2.39. The molecule has 0 radical (unpaired) electrons. The lowest BCUT2D eigenvalue weighted by molar-refractivity contribution is 0.172. The van der Waals surface area contributed by atoms with Crippen molar-refractivity contribution in [3.8, 4) is 10.7 Å². The van der Waals surface area contributed by atoms with Gasteiger partial charge in [0.25, 0.3) is 0 Å². The van der Waals surface area contributed by atoms with Crippen molar-refractivity contribution in [3.63, 3.8) is 0 Å². The number of aromatic nitrogens is 3. The zero-order valence-electron chi connectivity index (χ0n) is 12.1. The Balaban J connectivity index is 1.68. The number of nitrogens with zero attached hydrogens (tertiary/aromatic N) is 4. The van der Waals surface area contributed by atoms with Crippen LogP contribution in [0.4, 0.5) is 0 Å². The van der Waals surface area contributed by atoms with Crippen LogP contribution in [0.2, 0.25) is 0 Å². The molecule has 1 aliphatic heterocycles. The quantitative estimate of drug-likeness (QED) is 0.799. The molecule has 0 unspecified atom stereocenters. The van der Waals surface area contributed by atoms with E-state index in [1.807, 2.05) is 4.68 Å². The molecule has 6 heteroatoms. The van der Waals surface area contributed by atoms with E-state index in [1.54, 1.807) is 11.3 Å². The van der Waals surface area contributed by atoms with E-state index >= 15 is 0 Å². The molecule has 2 fully saturated rings. The van der Waals surface area contributed by atoms with E-state index in [1.165, 1.54) is 50.1 Å². The summed E-state index contributed by atoms with van der Waals surface area (Å²) in [6.45, 7) is 3.19. The van der Waals surface area contributed by atoms with E-state index < -0.39 is 0 Å². The molecule has 2 aromatic rings. The van der Waals surface area contributed by atoms with Gasteiger partial charge in [0, 0.05) is 6.04 Å². The van der Waals surface area contributed by atoms with E-state index in [0.29, 0.717) is 6.04 Å². The fraction of sp³-hybridized carbons (Fsp3) is 0.600. The van der Waals surface area contributed by atoms with Crippen molar-refractivity contribution in [1.82, 2.24) is 19.2 Å². The molecule has 3 heterocycles. The van der Waals surface area contributed by atoms with Gasteiger partial charge in [0.1, 0.15) is 0 Å². The number of thiophene rings is 1. The van der Waals surface area contributed by atoms with Crippen LogP contribution in [-0.4, -0.2) is 32.3 Å². The predicted molar refractivity (Wildman–Crippen MR) is 88.1 cm³/mol. The molecule has 0 N–H and O–H groups in total. The lowest BCUT2D eigenvalue weighted by atomic mass is 10.1. The Kier molecular flexibility index (Phi) is 3.69. The molecular formula is C15H20N4S2. The van der Waals surface area contributed by atoms with Gasteiger partial charge in [0.05, 0.1) is 11.5 Å². The second-order valence-corrected chi connectivity index (χ2v) is 7.32. The number of piperidine rings is 1. The van der Waals surface area contributed by atoms with Crippen molar-refractivity contribution in [3.05, 3.63) is 22.3 Å². The summed E-state index contributed by atoms with van der Waals surface area (Å²) in [6.07, 6.45) is 6.44. The van der Waals surface area contributed by atoms with Gasteiger partial charge in [-0.15, -0.1) is 16.4 Å². The minimum absolute atomic E-state index is 0.574. The highest BCUT2D eigenvalue weighted by Gasteiger charge is 2.29. The molecule has 1 aliphatic carbocycles.